The van der Waals surface area contributed by atoms with E-state index in [1.807, 2.05) is 18.2 Å². The summed E-state index contributed by atoms with van der Waals surface area (Å²) in [6.07, 6.45) is 5.68. The number of rotatable bonds is 8. The van der Waals surface area contributed by atoms with E-state index in [2.05, 4.69) is 20.0 Å². The Bertz CT molecular complexity index is 979. The van der Waals surface area contributed by atoms with E-state index in [9.17, 15) is 13.2 Å². The topological polar surface area (TPSA) is 101 Å². The number of aliphatic imine (C=N–C) groups is 1. The average molecular weight is 447 g/mol. The van der Waals surface area contributed by atoms with Gasteiger partial charge in [-0.25, -0.2) is 8.42 Å². The predicted octanol–water partition coefficient (Wildman–Crippen LogP) is 3.59. The van der Waals surface area contributed by atoms with Gasteiger partial charge in [-0.2, -0.15) is 11.8 Å². The van der Waals surface area contributed by atoms with Crippen LogP contribution in [0.1, 0.15) is 37.8 Å². The lowest BCUT2D eigenvalue weighted by molar-refractivity contribution is -0.115. The van der Waals surface area contributed by atoms with Crippen molar-refractivity contribution in [3.63, 3.8) is 0 Å². The van der Waals surface area contributed by atoms with Crippen LogP contribution in [0.15, 0.2) is 58.5 Å². The van der Waals surface area contributed by atoms with Gasteiger partial charge < -0.3 is 5.32 Å². The van der Waals surface area contributed by atoms with Crippen molar-refractivity contribution in [1.82, 2.24) is 9.71 Å². The number of amides is 1. The fourth-order valence-corrected chi connectivity index (χ4v) is 4.95. The van der Waals surface area contributed by atoms with Crippen LogP contribution in [0.4, 0.5) is 5.69 Å². The van der Waals surface area contributed by atoms with Crippen LogP contribution >= 0.6 is 11.8 Å². The van der Waals surface area contributed by atoms with E-state index in [1.165, 1.54) is 12.1 Å². The van der Waals surface area contributed by atoms with Gasteiger partial charge >= 0.3 is 0 Å². The monoisotopic (exact) mass is 446 g/mol. The second-order valence-corrected chi connectivity index (χ2v) is 9.73. The van der Waals surface area contributed by atoms with Gasteiger partial charge in [0.15, 0.2) is 0 Å². The second kappa shape index (κ2) is 11.1. The summed E-state index contributed by atoms with van der Waals surface area (Å²) in [5, 5.41) is 2.78. The maximum atomic E-state index is 12.7. The number of nitrogens with zero attached hydrogens (tertiary/aromatic N) is 2. The molecular weight excluding hydrogens is 420 g/mol. The Labute approximate surface area is 181 Å². The average Bonchev–Trinajstić information content (AvgIpc) is 3.00. The molecule has 9 heteroatoms. The maximum Gasteiger partial charge on any atom is 0.262 e. The molecule has 160 valence electrons. The van der Waals surface area contributed by atoms with Gasteiger partial charge in [-0.15, -0.1) is 0 Å². The smallest absolute Gasteiger partial charge is 0.262 e. The van der Waals surface area contributed by atoms with E-state index in [-0.39, 0.29) is 10.8 Å². The fourth-order valence-electron chi connectivity index (χ4n) is 2.96. The summed E-state index contributed by atoms with van der Waals surface area (Å²) < 4.78 is 28.0. The van der Waals surface area contributed by atoms with Crippen LogP contribution in [0.5, 0.6) is 0 Å². The third-order valence-corrected chi connectivity index (χ3v) is 6.88. The molecule has 2 aromatic rings. The third kappa shape index (κ3) is 7.14. The number of hydrogen-bond acceptors (Lipinski definition) is 6. The Balaban J connectivity index is 1.51. The third-order valence-electron chi connectivity index (χ3n) is 4.50. The minimum absolute atomic E-state index is 0.108. The molecule has 0 saturated carbocycles. The number of sulfonamides is 1. The molecule has 30 heavy (non-hydrogen) atoms. The minimum atomic E-state index is -3.73. The van der Waals surface area contributed by atoms with E-state index < -0.39 is 10.0 Å². The summed E-state index contributed by atoms with van der Waals surface area (Å²) in [6.45, 7) is 0.645. The quantitative estimate of drug-likeness (QED) is 0.604. The molecule has 7 nitrogen and oxygen atoms in total. The van der Waals surface area contributed by atoms with Crippen molar-refractivity contribution in [2.24, 2.45) is 4.99 Å². The normalized spacial score (nSPS) is 14.5. The number of thioether (sulfide) groups is 1. The maximum absolute atomic E-state index is 12.7. The van der Waals surface area contributed by atoms with Gasteiger partial charge in [-0.3, -0.25) is 19.5 Å². The van der Waals surface area contributed by atoms with Crippen LogP contribution in [-0.2, 0) is 20.6 Å². The van der Waals surface area contributed by atoms with Gasteiger partial charge in [0.25, 0.3) is 10.0 Å². The van der Waals surface area contributed by atoms with Crippen LogP contribution in [0.3, 0.4) is 0 Å². The number of hydrogen-bond donors (Lipinski definition) is 2. The van der Waals surface area contributed by atoms with E-state index in [0.717, 1.165) is 30.7 Å². The van der Waals surface area contributed by atoms with Crippen molar-refractivity contribution in [2.45, 2.75) is 42.8 Å². The number of carbonyl (C=O) groups excluding carboxylic acids is 1. The van der Waals surface area contributed by atoms with Crippen molar-refractivity contribution in [2.75, 3.05) is 17.6 Å². The number of benzene rings is 1. The van der Waals surface area contributed by atoms with Gasteiger partial charge in [-0.1, -0.05) is 18.6 Å². The molecule has 0 saturated heterocycles. The summed E-state index contributed by atoms with van der Waals surface area (Å²) in [7, 11) is -3.73. The summed E-state index contributed by atoms with van der Waals surface area (Å²) in [6, 6.07) is 12.0. The lowest BCUT2D eigenvalue weighted by atomic mass is 10.2. The molecule has 0 unspecified atom stereocenters. The molecule has 0 spiro atoms. The number of amidine groups is 1. The Morgan fingerprint density at radius 3 is 2.83 bits per heavy atom. The van der Waals surface area contributed by atoms with Gasteiger partial charge in [0, 0.05) is 42.8 Å². The molecule has 1 aromatic heterocycles. The minimum Gasteiger partial charge on any atom is -0.326 e. The first-order chi connectivity index (χ1) is 14.5. The number of aromatic nitrogens is 1. The molecule has 0 bridgehead atoms. The molecule has 0 fully saturated rings. The summed E-state index contributed by atoms with van der Waals surface area (Å²) in [4.78, 5) is 20.9. The molecule has 0 atom stereocenters. The number of anilines is 1. The lowest BCUT2D eigenvalue weighted by Crippen LogP contribution is -2.30. The zero-order valence-electron chi connectivity index (χ0n) is 16.7. The Hall–Kier alpha value is -2.39. The van der Waals surface area contributed by atoms with E-state index in [4.69, 9.17) is 0 Å². The SMILES string of the molecule is O=C(CCSCc1ccccn1)Nc1cccc(S(=O)(=O)NC2=NCCCCC2)c1. The first kappa shape index (κ1) is 22.3. The molecule has 0 aliphatic carbocycles. The second-order valence-electron chi connectivity index (χ2n) is 6.94. The molecule has 2 N–H and O–H groups in total. The predicted molar refractivity (Wildman–Crippen MR) is 121 cm³/mol. The highest BCUT2D eigenvalue weighted by Crippen LogP contribution is 2.17. The van der Waals surface area contributed by atoms with Crippen molar-refractivity contribution >= 4 is 39.2 Å². The largest absolute Gasteiger partial charge is 0.326 e. The molecule has 0 radical (unpaired) electrons. The Morgan fingerprint density at radius 1 is 1.10 bits per heavy atom. The molecule has 1 aromatic carbocycles. The van der Waals surface area contributed by atoms with Crippen LogP contribution in [0, 0.1) is 0 Å². The van der Waals surface area contributed by atoms with Crippen molar-refractivity contribution in [3.8, 4) is 0 Å². The van der Waals surface area contributed by atoms with Gasteiger partial charge in [-0.05, 0) is 43.2 Å². The molecule has 1 aliphatic heterocycles. The van der Waals surface area contributed by atoms with Gasteiger partial charge in [0.2, 0.25) is 5.91 Å². The number of pyridine rings is 1. The Kier molecular flexibility index (Phi) is 8.27. The highest BCUT2D eigenvalue weighted by atomic mass is 32.2. The number of nitrogens with one attached hydrogen (secondary N) is 2. The fraction of sp³-hybridized carbons (Fsp3) is 0.381. The first-order valence-electron chi connectivity index (χ1n) is 9.97. The first-order valence-corrected chi connectivity index (χ1v) is 12.6. The summed E-state index contributed by atoms with van der Waals surface area (Å²) >= 11 is 1.63. The zero-order valence-corrected chi connectivity index (χ0v) is 18.3. The van der Waals surface area contributed by atoms with Crippen LogP contribution in [-0.4, -0.2) is 37.4 Å². The number of carbonyl (C=O) groups is 1. The van der Waals surface area contributed by atoms with E-state index >= 15 is 0 Å². The Morgan fingerprint density at radius 2 is 2.00 bits per heavy atom. The van der Waals surface area contributed by atoms with E-state index in [1.54, 1.807) is 30.1 Å². The standard InChI is InChI=1S/C21H26N4O3S2/c26-21(11-14-29-16-18-7-3-5-12-22-18)24-17-8-6-9-19(15-17)30(27,28)25-20-10-2-1-4-13-23-20/h3,5-9,12,15H,1-2,4,10-11,13-14,16H2,(H,23,25)(H,24,26). The molecule has 1 aliphatic rings. The molecule has 1 amide bonds. The lowest BCUT2D eigenvalue weighted by Gasteiger charge is -2.11. The molecular formula is C21H26N4O3S2. The highest BCUT2D eigenvalue weighted by molar-refractivity contribution is 7.98. The summed E-state index contributed by atoms with van der Waals surface area (Å²) in [5.41, 5.74) is 1.44. The zero-order chi connectivity index (χ0) is 21.2. The van der Waals surface area contributed by atoms with Gasteiger partial charge in [0.05, 0.1) is 10.6 Å². The van der Waals surface area contributed by atoms with Crippen molar-refractivity contribution in [3.05, 3.63) is 54.4 Å². The van der Waals surface area contributed by atoms with Crippen LogP contribution in [0.25, 0.3) is 0 Å². The molecule has 3 rings (SSSR count). The molecule has 2 heterocycles. The van der Waals surface area contributed by atoms with Crippen LogP contribution in [0.2, 0.25) is 0 Å². The van der Waals surface area contributed by atoms with Crippen molar-refractivity contribution < 1.29 is 13.2 Å². The van der Waals surface area contributed by atoms with Crippen LogP contribution < -0.4 is 10.0 Å². The van der Waals surface area contributed by atoms with E-state index in [0.29, 0.717) is 36.7 Å². The van der Waals surface area contributed by atoms with Crippen molar-refractivity contribution in [1.29, 1.82) is 0 Å². The highest BCUT2D eigenvalue weighted by Gasteiger charge is 2.18. The summed E-state index contributed by atoms with van der Waals surface area (Å²) in [5.74, 6) is 1.75. The van der Waals surface area contributed by atoms with Gasteiger partial charge in [0.1, 0.15) is 5.84 Å².